The Morgan fingerprint density at radius 1 is 1.17 bits per heavy atom. The number of aromatic nitrogens is 4. The predicted molar refractivity (Wildman–Crippen MR) is 81.5 cm³/mol. The smallest absolute Gasteiger partial charge is 0.227 e. The molecule has 1 unspecified atom stereocenters. The zero-order chi connectivity index (χ0) is 15.6. The SMILES string of the molecule is O=C(C1CCCN(Cc2nnnn2C2CC2)C1)N1CCOCC1. The molecule has 0 radical (unpaired) electrons. The van der Waals surface area contributed by atoms with Crippen LogP contribution in [0.2, 0.25) is 0 Å². The Hall–Kier alpha value is -1.54. The molecule has 3 heterocycles. The molecule has 1 amide bonds. The summed E-state index contributed by atoms with van der Waals surface area (Å²) < 4.78 is 7.31. The fraction of sp³-hybridized carbons (Fsp3) is 0.867. The van der Waals surface area contributed by atoms with E-state index < -0.39 is 0 Å². The number of amides is 1. The molecule has 2 aliphatic heterocycles. The second-order valence-electron chi connectivity index (χ2n) is 6.78. The Kier molecular flexibility index (Phi) is 4.26. The number of rotatable bonds is 4. The topological polar surface area (TPSA) is 76.4 Å². The normalized spacial score (nSPS) is 26.4. The van der Waals surface area contributed by atoms with E-state index >= 15 is 0 Å². The minimum absolute atomic E-state index is 0.104. The van der Waals surface area contributed by atoms with E-state index in [1.807, 2.05) is 9.58 Å². The number of tetrazole rings is 1. The van der Waals surface area contributed by atoms with Crippen LogP contribution in [0.15, 0.2) is 0 Å². The molecule has 8 nitrogen and oxygen atoms in total. The average molecular weight is 320 g/mol. The van der Waals surface area contributed by atoms with E-state index in [-0.39, 0.29) is 5.92 Å². The van der Waals surface area contributed by atoms with Crippen molar-refractivity contribution in [2.45, 2.75) is 38.3 Å². The molecular weight excluding hydrogens is 296 g/mol. The summed E-state index contributed by atoms with van der Waals surface area (Å²) in [5.74, 6) is 1.33. The van der Waals surface area contributed by atoms with E-state index in [9.17, 15) is 4.79 Å². The third-order valence-electron chi connectivity index (χ3n) is 5.00. The number of ether oxygens (including phenoxy) is 1. The second-order valence-corrected chi connectivity index (χ2v) is 6.78. The summed E-state index contributed by atoms with van der Waals surface area (Å²) >= 11 is 0. The molecule has 2 saturated heterocycles. The fourth-order valence-corrected chi connectivity index (χ4v) is 3.56. The van der Waals surface area contributed by atoms with Crippen molar-refractivity contribution >= 4 is 5.91 Å². The standard InChI is InChI=1S/C15H24N6O2/c22-15(20-6-8-23-9-7-20)12-2-1-5-19(10-12)11-14-16-17-18-21(14)13-3-4-13/h12-13H,1-11H2. The number of hydrogen-bond acceptors (Lipinski definition) is 6. The highest BCUT2D eigenvalue weighted by molar-refractivity contribution is 5.79. The molecule has 3 aliphatic rings. The molecule has 0 bridgehead atoms. The van der Waals surface area contributed by atoms with Crippen molar-refractivity contribution in [3.63, 3.8) is 0 Å². The molecule has 1 aromatic heterocycles. The lowest BCUT2D eigenvalue weighted by molar-refractivity contribution is -0.141. The molecule has 1 atom stereocenters. The molecule has 8 heteroatoms. The lowest BCUT2D eigenvalue weighted by Crippen LogP contribution is -2.48. The van der Waals surface area contributed by atoms with Crippen LogP contribution in [0, 0.1) is 5.92 Å². The number of hydrogen-bond donors (Lipinski definition) is 0. The highest BCUT2D eigenvalue weighted by Gasteiger charge is 2.32. The molecule has 23 heavy (non-hydrogen) atoms. The fourth-order valence-electron chi connectivity index (χ4n) is 3.56. The van der Waals surface area contributed by atoms with Gasteiger partial charge in [0.1, 0.15) is 0 Å². The van der Waals surface area contributed by atoms with Gasteiger partial charge in [-0.1, -0.05) is 0 Å². The monoisotopic (exact) mass is 320 g/mol. The summed E-state index contributed by atoms with van der Waals surface area (Å²) in [5.41, 5.74) is 0. The van der Waals surface area contributed by atoms with Crippen molar-refractivity contribution in [1.82, 2.24) is 30.0 Å². The van der Waals surface area contributed by atoms with Gasteiger partial charge >= 0.3 is 0 Å². The van der Waals surface area contributed by atoms with Gasteiger partial charge in [-0.15, -0.1) is 5.10 Å². The quantitative estimate of drug-likeness (QED) is 0.782. The lowest BCUT2D eigenvalue weighted by Gasteiger charge is -2.35. The van der Waals surface area contributed by atoms with Gasteiger partial charge in [0.05, 0.1) is 31.7 Å². The van der Waals surface area contributed by atoms with Gasteiger partial charge in [-0.05, 0) is 42.7 Å². The molecule has 1 aliphatic carbocycles. The average Bonchev–Trinajstić information content (AvgIpc) is 3.35. The summed E-state index contributed by atoms with van der Waals surface area (Å²) in [5, 5.41) is 12.1. The highest BCUT2D eigenvalue weighted by Crippen LogP contribution is 2.34. The van der Waals surface area contributed by atoms with Gasteiger partial charge in [-0.3, -0.25) is 9.69 Å². The van der Waals surface area contributed by atoms with E-state index in [1.165, 1.54) is 12.8 Å². The van der Waals surface area contributed by atoms with Crippen molar-refractivity contribution < 1.29 is 9.53 Å². The summed E-state index contributed by atoms with van der Waals surface area (Å²) in [4.78, 5) is 17.0. The minimum atomic E-state index is 0.104. The van der Waals surface area contributed by atoms with Crippen LogP contribution in [0.1, 0.15) is 37.5 Å². The summed E-state index contributed by atoms with van der Waals surface area (Å²) in [7, 11) is 0. The number of carbonyl (C=O) groups excluding carboxylic acids is 1. The Bertz CT molecular complexity index is 552. The van der Waals surface area contributed by atoms with Crippen LogP contribution in [0.4, 0.5) is 0 Å². The highest BCUT2D eigenvalue weighted by atomic mass is 16.5. The third-order valence-corrected chi connectivity index (χ3v) is 5.00. The molecule has 0 aromatic carbocycles. The maximum atomic E-state index is 12.7. The van der Waals surface area contributed by atoms with E-state index in [2.05, 4.69) is 20.4 Å². The molecule has 3 fully saturated rings. The first kappa shape index (κ1) is 15.0. The Labute approximate surface area is 135 Å². The van der Waals surface area contributed by atoms with Gasteiger partial charge in [0.15, 0.2) is 5.82 Å². The molecule has 126 valence electrons. The first-order valence-corrected chi connectivity index (χ1v) is 8.67. The van der Waals surface area contributed by atoms with E-state index in [1.54, 1.807) is 0 Å². The maximum absolute atomic E-state index is 12.7. The van der Waals surface area contributed by atoms with Crippen molar-refractivity contribution in [2.75, 3.05) is 39.4 Å². The Balaban J connectivity index is 1.36. The van der Waals surface area contributed by atoms with E-state index in [0.717, 1.165) is 51.4 Å². The number of nitrogens with zero attached hydrogens (tertiary/aromatic N) is 6. The molecule has 0 N–H and O–H groups in total. The van der Waals surface area contributed by atoms with Gasteiger partial charge in [0.2, 0.25) is 5.91 Å². The van der Waals surface area contributed by atoms with Crippen LogP contribution in [-0.2, 0) is 16.1 Å². The summed E-state index contributed by atoms with van der Waals surface area (Å²) in [6.45, 7) is 5.37. The number of morpholine rings is 1. The number of carbonyl (C=O) groups is 1. The molecular formula is C15H24N6O2. The molecule has 1 aromatic rings. The van der Waals surface area contributed by atoms with Crippen LogP contribution in [0.5, 0.6) is 0 Å². The largest absolute Gasteiger partial charge is 0.378 e. The number of likely N-dealkylation sites (tertiary alicyclic amines) is 1. The van der Waals surface area contributed by atoms with Crippen molar-refractivity contribution in [3.8, 4) is 0 Å². The van der Waals surface area contributed by atoms with Crippen LogP contribution in [0.25, 0.3) is 0 Å². The predicted octanol–water partition coefficient (Wildman–Crippen LogP) is 0.0788. The Morgan fingerprint density at radius 2 is 2.00 bits per heavy atom. The summed E-state index contributed by atoms with van der Waals surface area (Å²) in [6.07, 6.45) is 4.40. The molecule has 0 spiro atoms. The van der Waals surface area contributed by atoms with Gasteiger partial charge < -0.3 is 9.64 Å². The van der Waals surface area contributed by atoms with Gasteiger partial charge in [-0.2, -0.15) is 0 Å². The maximum Gasteiger partial charge on any atom is 0.227 e. The second kappa shape index (κ2) is 6.52. The van der Waals surface area contributed by atoms with Gasteiger partial charge in [0.25, 0.3) is 0 Å². The van der Waals surface area contributed by atoms with Crippen LogP contribution in [0.3, 0.4) is 0 Å². The minimum Gasteiger partial charge on any atom is -0.378 e. The van der Waals surface area contributed by atoms with Gasteiger partial charge in [0, 0.05) is 19.6 Å². The van der Waals surface area contributed by atoms with Crippen molar-refractivity contribution in [2.24, 2.45) is 5.92 Å². The summed E-state index contributed by atoms with van der Waals surface area (Å²) in [6, 6.07) is 0.496. The third kappa shape index (κ3) is 3.37. The van der Waals surface area contributed by atoms with Crippen LogP contribution >= 0.6 is 0 Å². The first-order chi connectivity index (χ1) is 11.3. The van der Waals surface area contributed by atoms with E-state index in [4.69, 9.17) is 4.74 Å². The van der Waals surface area contributed by atoms with Crippen molar-refractivity contribution in [1.29, 1.82) is 0 Å². The van der Waals surface area contributed by atoms with Gasteiger partial charge in [-0.25, -0.2) is 4.68 Å². The van der Waals surface area contributed by atoms with Crippen LogP contribution < -0.4 is 0 Å². The van der Waals surface area contributed by atoms with E-state index in [0.29, 0.717) is 25.2 Å². The zero-order valence-corrected chi connectivity index (χ0v) is 13.4. The lowest BCUT2D eigenvalue weighted by atomic mass is 9.96. The number of piperidine rings is 1. The van der Waals surface area contributed by atoms with Crippen molar-refractivity contribution in [3.05, 3.63) is 5.82 Å². The Morgan fingerprint density at radius 3 is 2.78 bits per heavy atom. The first-order valence-electron chi connectivity index (χ1n) is 8.67. The molecule has 1 saturated carbocycles. The molecule has 4 rings (SSSR count). The van der Waals surface area contributed by atoms with Crippen LogP contribution in [-0.4, -0.2) is 75.3 Å². The zero-order valence-electron chi connectivity index (χ0n) is 13.4.